The number of nitrogens with one attached hydrogen (secondary N) is 2. The number of para-hydroxylation sites is 1. The van der Waals surface area contributed by atoms with Crippen LogP contribution in [0.3, 0.4) is 0 Å². The normalized spacial score (nSPS) is 10.8. The number of hydrogen-bond donors (Lipinski definition) is 2. The second kappa shape index (κ2) is 6.72. The number of benzene rings is 2. The zero-order valence-electron chi connectivity index (χ0n) is 14.0. The van der Waals surface area contributed by atoms with Crippen molar-refractivity contribution in [1.82, 2.24) is 9.55 Å². The summed E-state index contributed by atoms with van der Waals surface area (Å²) in [6.45, 7) is 0.667. The summed E-state index contributed by atoms with van der Waals surface area (Å²) >= 11 is 0. The number of H-pyrrole nitrogens is 1. The van der Waals surface area contributed by atoms with Gasteiger partial charge in [0.25, 0.3) is 11.5 Å². The number of carbonyl (C=O) groups excluding carboxylic acids is 1. The second-order valence-electron chi connectivity index (χ2n) is 6.04. The predicted octanol–water partition coefficient (Wildman–Crippen LogP) is 3.63. The van der Waals surface area contributed by atoms with E-state index in [9.17, 15) is 9.59 Å². The molecule has 4 aromatic rings. The van der Waals surface area contributed by atoms with E-state index in [0.29, 0.717) is 12.1 Å². The quantitative estimate of drug-likeness (QED) is 0.594. The lowest BCUT2D eigenvalue weighted by atomic mass is 10.1. The molecular formula is C21H17N3O2. The van der Waals surface area contributed by atoms with Gasteiger partial charge in [-0.2, -0.15) is 0 Å². The summed E-state index contributed by atoms with van der Waals surface area (Å²) in [7, 11) is 0. The molecule has 5 nitrogen and oxygen atoms in total. The van der Waals surface area contributed by atoms with Crippen LogP contribution in [-0.2, 0) is 6.54 Å². The van der Waals surface area contributed by atoms with Crippen LogP contribution < -0.4 is 10.9 Å². The molecule has 0 saturated carbocycles. The van der Waals surface area contributed by atoms with Crippen LogP contribution in [0.25, 0.3) is 10.9 Å². The largest absolute Gasteiger partial charge is 0.342 e. The maximum absolute atomic E-state index is 12.8. The summed E-state index contributed by atoms with van der Waals surface area (Å²) in [6.07, 6.45) is 3.37. The van der Waals surface area contributed by atoms with Crippen LogP contribution in [0.2, 0.25) is 0 Å². The van der Waals surface area contributed by atoms with Gasteiger partial charge in [0.1, 0.15) is 5.69 Å². The van der Waals surface area contributed by atoms with E-state index >= 15 is 0 Å². The van der Waals surface area contributed by atoms with Gasteiger partial charge in [-0.1, -0.05) is 48.5 Å². The highest BCUT2D eigenvalue weighted by Gasteiger charge is 2.16. The van der Waals surface area contributed by atoms with E-state index in [1.165, 1.54) is 6.20 Å². The van der Waals surface area contributed by atoms with Gasteiger partial charge in [0, 0.05) is 29.8 Å². The van der Waals surface area contributed by atoms with Gasteiger partial charge < -0.3 is 14.9 Å². The lowest BCUT2D eigenvalue weighted by Crippen LogP contribution is -2.19. The Morgan fingerprint density at radius 2 is 1.73 bits per heavy atom. The highest BCUT2D eigenvalue weighted by atomic mass is 16.2. The van der Waals surface area contributed by atoms with Crippen molar-refractivity contribution >= 4 is 22.5 Å². The van der Waals surface area contributed by atoms with Crippen molar-refractivity contribution in [3.8, 4) is 0 Å². The van der Waals surface area contributed by atoms with Gasteiger partial charge in [0.05, 0.1) is 5.56 Å². The van der Waals surface area contributed by atoms with Crippen LogP contribution in [-0.4, -0.2) is 15.5 Å². The Balaban J connectivity index is 1.72. The smallest absolute Gasteiger partial charge is 0.271 e. The molecule has 128 valence electrons. The molecule has 0 bridgehead atoms. The van der Waals surface area contributed by atoms with E-state index in [0.717, 1.165) is 16.5 Å². The van der Waals surface area contributed by atoms with Crippen LogP contribution in [0, 0.1) is 0 Å². The predicted molar refractivity (Wildman–Crippen MR) is 102 cm³/mol. The molecule has 0 aliphatic carbocycles. The summed E-state index contributed by atoms with van der Waals surface area (Å²) in [6, 6.07) is 21.1. The first-order chi connectivity index (χ1) is 12.7. The molecule has 0 atom stereocenters. The maximum atomic E-state index is 12.8. The van der Waals surface area contributed by atoms with Crippen molar-refractivity contribution in [1.29, 1.82) is 0 Å². The molecular weight excluding hydrogens is 326 g/mol. The molecule has 26 heavy (non-hydrogen) atoms. The van der Waals surface area contributed by atoms with Crippen molar-refractivity contribution in [3.05, 3.63) is 101 Å². The highest BCUT2D eigenvalue weighted by molar-refractivity contribution is 6.12. The van der Waals surface area contributed by atoms with E-state index in [-0.39, 0.29) is 17.2 Å². The Morgan fingerprint density at radius 3 is 2.54 bits per heavy atom. The minimum absolute atomic E-state index is 0.234. The van der Waals surface area contributed by atoms with Gasteiger partial charge in [0.2, 0.25) is 0 Å². The summed E-state index contributed by atoms with van der Waals surface area (Å²) in [5.74, 6) is -0.301. The zero-order chi connectivity index (χ0) is 17.9. The van der Waals surface area contributed by atoms with E-state index in [1.807, 2.05) is 48.7 Å². The number of nitrogens with zero attached hydrogens (tertiary/aromatic N) is 1. The molecule has 2 N–H and O–H groups in total. The second-order valence-corrected chi connectivity index (χ2v) is 6.04. The summed E-state index contributed by atoms with van der Waals surface area (Å²) in [4.78, 5) is 27.1. The van der Waals surface area contributed by atoms with Crippen LogP contribution in [0.4, 0.5) is 5.69 Å². The maximum Gasteiger partial charge on any atom is 0.271 e. The average molecular weight is 343 g/mol. The molecule has 0 saturated heterocycles. The molecule has 4 rings (SSSR count). The molecule has 5 heteroatoms. The fraction of sp³-hybridized carbons (Fsp3) is 0.0476. The summed E-state index contributed by atoms with van der Waals surface area (Å²) in [5.41, 5.74) is 2.58. The molecule has 0 unspecified atom stereocenters. The fourth-order valence-corrected chi connectivity index (χ4v) is 3.05. The van der Waals surface area contributed by atoms with Gasteiger partial charge in [0.15, 0.2) is 0 Å². The van der Waals surface area contributed by atoms with Gasteiger partial charge in [-0.25, -0.2) is 0 Å². The summed E-state index contributed by atoms with van der Waals surface area (Å²) < 4.78 is 2.05. The third-order valence-electron chi connectivity index (χ3n) is 4.30. The van der Waals surface area contributed by atoms with Gasteiger partial charge >= 0.3 is 0 Å². The minimum Gasteiger partial charge on any atom is -0.342 e. The minimum atomic E-state index is -0.325. The molecule has 2 aromatic heterocycles. The molecule has 0 aliphatic heterocycles. The number of anilines is 1. The SMILES string of the molecule is O=C(Nc1ccc[nH]c1=O)c1cn(Cc2ccccc2)c2ccccc12. The Bertz CT molecular complexity index is 1130. The monoisotopic (exact) mass is 343 g/mol. The first-order valence-electron chi connectivity index (χ1n) is 8.33. The number of aromatic nitrogens is 2. The third kappa shape index (κ3) is 3.02. The molecule has 0 radical (unpaired) electrons. The van der Waals surface area contributed by atoms with Crippen molar-refractivity contribution < 1.29 is 4.79 Å². The van der Waals surface area contributed by atoms with Crippen LogP contribution in [0.1, 0.15) is 15.9 Å². The molecule has 0 spiro atoms. The highest BCUT2D eigenvalue weighted by Crippen LogP contribution is 2.23. The number of fused-ring (bicyclic) bond motifs is 1. The number of pyridine rings is 1. The van der Waals surface area contributed by atoms with Gasteiger partial charge in [-0.05, 0) is 23.8 Å². The number of carbonyl (C=O) groups is 1. The molecule has 0 aliphatic rings. The van der Waals surface area contributed by atoms with Gasteiger partial charge in [-0.15, -0.1) is 0 Å². The molecule has 2 heterocycles. The number of aromatic amines is 1. The van der Waals surface area contributed by atoms with Crippen molar-refractivity contribution in [2.24, 2.45) is 0 Å². The first-order valence-corrected chi connectivity index (χ1v) is 8.33. The lowest BCUT2D eigenvalue weighted by Gasteiger charge is -2.05. The third-order valence-corrected chi connectivity index (χ3v) is 4.30. The van der Waals surface area contributed by atoms with Crippen molar-refractivity contribution in [2.45, 2.75) is 6.54 Å². The van der Waals surface area contributed by atoms with Gasteiger partial charge in [-0.3, -0.25) is 9.59 Å². The standard InChI is InChI=1S/C21H17N3O2/c25-20(23-18-10-6-12-22-21(18)26)17-14-24(13-15-7-2-1-3-8-15)19-11-5-4-9-16(17)19/h1-12,14H,13H2,(H,22,26)(H,23,25). The van der Waals surface area contributed by atoms with Crippen LogP contribution in [0.5, 0.6) is 0 Å². The number of rotatable bonds is 4. The Kier molecular flexibility index (Phi) is 4.11. The van der Waals surface area contributed by atoms with E-state index in [4.69, 9.17) is 0 Å². The first kappa shape index (κ1) is 15.9. The van der Waals surface area contributed by atoms with E-state index < -0.39 is 0 Å². The summed E-state index contributed by atoms with van der Waals surface area (Å²) in [5, 5.41) is 3.55. The van der Waals surface area contributed by atoms with Crippen LogP contribution in [0.15, 0.2) is 83.9 Å². The Labute approximate surface area is 149 Å². The van der Waals surface area contributed by atoms with Crippen molar-refractivity contribution in [2.75, 3.05) is 5.32 Å². The molecule has 0 fully saturated rings. The Hall–Kier alpha value is -3.60. The van der Waals surface area contributed by atoms with Crippen molar-refractivity contribution in [3.63, 3.8) is 0 Å². The number of amides is 1. The fourth-order valence-electron chi connectivity index (χ4n) is 3.05. The Morgan fingerprint density at radius 1 is 0.962 bits per heavy atom. The van der Waals surface area contributed by atoms with Crippen LogP contribution >= 0.6 is 0 Å². The average Bonchev–Trinajstić information content (AvgIpc) is 3.03. The molecule has 1 amide bonds. The van der Waals surface area contributed by atoms with E-state index in [2.05, 4.69) is 27.0 Å². The lowest BCUT2D eigenvalue weighted by molar-refractivity contribution is 0.102. The van der Waals surface area contributed by atoms with E-state index in [1.54, 1.807) is 12.1 Å². The zero-order valence-corrected chi connectivity index (χ0v) is 14.0. The molecule has 2 aromatic carbocycles. The topological polar surface area (TPSA) is 66.9 Å². The number of hydrogen-bond acceptors (Lipinski definition) is 2.